The van der Waals surface area contributed by atoms with Crippen LogP contribution in [0.5, 0.6) is 0 Å². The van der Waals surface area contributed by atoms with E-state index in [4.69, 9.17) is 0 Å². The fourth-order valence-electron chi connectivity index (χ4n) is 2.48. The van der Waals surface area contributed by atoms with E-state index in [-0.39, 0.29) is 0 Å². The quantitative estimate of drug-likeness (QED) is 0.854. The van der Waals surface area contributed by atoms with Gasteiger partial charge in [-0.1, -0.05) is 6.92 Å². The first-order chi connectivity index (χ1) is 8.20. The van der Waals surface area contributed by atoms with Gasteiger partial charge in [0.15, 0.2) is 0 Å². The molecule has 1 heterocycles. The zero-order chi connectivity index (χ0) is 12.3. The molecule has 1 unspecified atom stereocenters. The lowest BCUT2D eigenvalue weighted by Crippen LogP contribution is -2.31. The van der Waals surface area contributed by atoms with Crippen molar-refractivity contribution in [3.05, 3.63) is 34.9 Å². The smallest absolute Gasteiger partial charge is 0.129 e. The van der Waals surface area contributed by atoms with Crippen molar-refractivity contribution in [1.29, 1.82) is 0 Å². The molecule has 1 aromatic carbocycles. The first kappa shape index (κ1) is 12.5. The molecule has 0 amide bonds. The van der Waals surface area contributed by atoms with Crippen molar-refractivity contribution in [2.45, 2.75) is 32.6 Å². The lowest BCUT2D eigenvalue weighted by Gasteiger charge is -2.23. The van der Waals surface area contributed by atoms with E-state index in [2.05, 4.69) is 5.32 Å². The number of hydrogen-bond donors (Lipinski definition) is 1. The lowest BCUT2D eigenvalue weighted by atomic mass is 9.91. The number of nitrogens with one attached hydrogen (secondary N) is 1. The van der Waals surface area contributed by atoms with Gasteiger partial charge in [0.05, 0.1) is 0 Å². The summed E-state index contributed by atoms with van der Waals surface area (Å²) in [5.41, 5.74) is 1.28. The molecule has 0 spiro atoms. The molecule has 1 aliphatic heterocycles. The van der Waals surface area contributed by atoms with Gasteiger partial charge in [0.25, 0.3) is 0 Å². The highest BCUT2D eigenvalue weighted by Crippen LogP contribution is 2.21. The fraction of sp³-hybridized carbons (Fsp3) is 0.571. The van der Waals surface area contributed by atoms with Crippen LogP contribution in [0.2, 0.25) is 0 Å². The molecule has 1 nitrogen and oxygen atoms in total. The van der Waals surface area contributed by atoms with Gasteiger partial charge >= 0.3 is 0 Å². The van der Waals surface area contributed by atoms with Gasteiger partial charge in [0.1, 0.15) is 11.6 Å². The van der Waals surface area contributed by atoms with Crippen LogP contribution in [-0.2, 0) is 12.8 Å². The summed E-state index contributed by atoms with van der Waals surface area (Å²) in [6.07, 6.45) is 3.60. The van der Waals surface area contributed by atoms with Crippen LogP contribution in [0.15, 0.2) is 12.1 Å². The molecule has 0 aromatic heterocycles. The Hall–Kier alpha value is -0.960. The number of hydrogen-bond acceptors (Lipinski definition) is 1. The largest absolute Gasteiger partial charge is 0.316 e. The summed E-state index contributed by atoms with van der Waals surface area (Å²) in [7, 11) is 0. The van der Waals surface area contributed by atoms with Crippen molar-refractivity contribution < 1.29 is 8.78 Å². The van der Waals surface area contributed by atoms with Crippen LogP contribution in [0, 0.1) is 17.6 Å². The molecule has 94 valence electrons. The number of benzene rings is 1. The normalized spacial score (nSPS) is 20.5. The van der Waals surface area contributed by atoms with E-state index in [0.717, 1.165) is 32.0 Å². The van der Waals surface area contributed by atoms with Gasteiger partial charge in [0, 0.05) is 6.07 Å². The van der Waals surface area contributed by atoms with E-state index >= 15 is 0 Å². The predicted octanol–water partition coefficient (Wildman–Crippen LogP) is 3.07. The van der Waals surface area contributed by atoms with Gasteiger partial charge in [-0.05, 0) is 61.9 Å². The summed E-state index contributed by atoms with van der Waals surface area (Å²) in [6.45, 7) is 3.89. The monoisotopic (exact) mass is 239 g/mol. The Morgan fingerprint density at radius 2 is 2.00 bits per heavy atom. The summed E-state index contributed by atoms with van der Waals surface area (Å²) in [5, 5.41) is 3.32. The number of halogens is 2. The highest BCUT2D eigenvalue weighted by atomic mass is 19.1. The molecular weight excluding hydrogens is 220 g/mol. The van der Waals surface area contributed by atoms with E-state index in [1.54, 1.807) is 6.07 Å². The molecule has 0 aliphatic carbocycles. The Balaban J connectivity index is 2.13. The second kappa shape index (κ2) is 5.58. The molecule has 0 radical (unpaired) electrons. The van der Waals surface area contributed by atoms with Gasteiger partial charge in [-0.2, -0.15) is 0 Å². The van der Waals surface area contributed by atoms with Crippen molar-refractivity contribution in [2.75, 3.05) is 13.1 Å². The van der Waals surface area contributed by atoms with Crippen LogP contribution in [0.25, 0.3) is 0 Å². The summed E-state index contributed by atoms with van der Waals surface area (Å²) in [5.74, 6) is -0.339. The Morgan fingerprint density at radius 1 is 1.24 bits per heavy atom. The number of piperidine rings is 1. The first-order valence-corrected chi connectivity index (χ1v) is 6.38. The standard InChI is InChI=1S/C14H19F2N/c1-2-11-7-12(14(16)8-13(11)15)6-10-4-3-5-17-9-10/h7-8,10,17H,2-6,9H2,1H3. The van der Waals surface area contributed by atoms with Crippen molar-refractivity contribution in [2.24, 2.45) is 5.92 Å². The minimum Gasteiger partial charge on any atom is -0.316 e. The van der Waals surface area contributed by atoms with E-state index < -0.39 is 11.6 Å². The Kier molecular flexibility index (Phi) is 4.11. The van der Waals surface area contributed by atoms with Gasteiger partial charge in [-0.25, -0.2) is 8.78 Å². The van der Waals surface area contributed by atoms with Gasteiger partial charge < -0.3 is 5.32 Å². The van der Waals surface area contributed by atoms with E-state index in [9.17, 15) is 8.78 Å². The molecule has 0 bridgehead atoms. The van der Waals surface area contributed by atoms with Crippen LogP contribution >= 0.6 is 0 Å². The molecule has 1 fully saturated rings. The zero-order valence-electron chi connectivity index (χ0n) is 10.2. The van der Waals surface area contributed by atoms with Crippen LogP contribution in [0.4, 0.5) is 8.78 Å². The summed E-state index contributed by atoms with van der Waals surface area (Å²) < 4.78 is 27.0. The van der Waals surface area contributed by atoms with Crippen molar-refractivity contribution >= 4 is 0 Å². The van der Waals surface area contributed by atoms with E-state index in [0.29, 0.717) is 29.9 Å². The maximum absolute atomic E-state index is 13.7. The molecule has 3 heteroatoms. The number of aryl methyl sites for hydroxylation is 1. The molecule has 17 heavy (non-hydrogen) atoms. The van der Waals surface area contributed by atoms with Crippen LogP contribution in [0.1, 0.15) is 30.9 Å². The first-order valence-electron chi connectivity index (χ1n) is 6.38. The molecule has 1 atom stereocenters. The van der Waals surface area contributed by atoms with E-state index in [1.165, 1.54) is 0 Å². The highest BCUT2D eigenvalue weighted by Gasteiger charge is 2.17. The fourth-order valence-corrected chi connectivity index (χ4v) is 2.48. The van der Waals surface area contributed by atoms with Gasteiger partial charge in [-0.3, -0.25) is 0 Å². The SMILES string of the molecule is CCc1cc(CC2CCCNC2)c(F)cc1F. The van der Waals surface area contributed by atoms with Gasteiger partial charge in [0.2, 0.25) is 0 Å². The molecular formula is C14H19F2N. The summed E-state index contributed by atoms with van der Waals surface area (Å²) in [6, 6.07) is 2.73. The minimum atomic E-state index is -0.421. The van der Waals surface area contributed by atoms with Crippen molar-refractivity contribution in [3.8, 4) is 0 Å². The maximum Gasteiger partial charge on any atom is 0.129 e. The molecule has 2 rings (SSSR count). The third-order valence-electron chi connectivity index (χ3n) is 3.50. The topological polar surface area (TPSA) is 12.0 Å². The average Bonchev–Trinajstić information content (AvgIpc) is 2.34. The minimum absolute atomic E-state index is 0.398. The Bertz CT molecular complexity index is 384. The molecule has 1 aliphatic rings. The van der Waals surface area contributed by atoms with Gasteiger partial charge in [-0.15, -0.1) is 0 Å². The summed E-state index contributed by atoms with van der Waals surface area (Å²) >= 11 is 0. The number of rotatable bonds is 3. The van der Waals surface area contributed by atoms with Crippen LogP contribution in [-0.4, -0.2) is 13.1 Å². The highest BCUT2D eigenvalue weighted by molar-refractivity contribution is 5.27. The molecule has 1 N–H and O–H groups in total. The second-order valence-corrected chi connectivity index (χ2v) is 4.81. The molecule has 1 saturated heterocycles. The average molecular weight is 239 g/mol. The predicted molar refractivity (Wildman–Crippen MR) is 65.0 cm³/mol. The Labute approximate surface area is 101 Å². The summed E-state index contributed by atoms with van der Waals surface area (Å²) in [4.78, 5) is 0. The zero-order valence-corrected chi connectivity index (χ0v) is 10.2. The Morgan fingerprint density at radius 3 is 2.65 bits per heavy atom. The second-order valence-electron chi connectivity index (χ2n) is 4.81. The van der Waals surface area contributed by atoms with Crippen LogP contribution < -0.4 is 5.32 Å². The third kappa shape index (κ3) is 3.03. The van der Waals surface area contributed by atoms with Crippen LogP contribution in [0.3, 0.4) is 0 Å². The van der Waals surface area contributed by atoms with Crippen molar-refractivity contribution in [1.82, 2.24) is 5.32 Å². The van der Waals surface area contributed by atoms with E-state index in [1.807, 2.05) is 6.92 Å². The maximum atomic E-state index is 13.7. The third-order valence-corrected chi connectivity index (χ3v) is 3.50. The molecule has 1 aromatic rings. The van der Waals surface area contributed by atoms with Crippen molar-refractivity contribution in [3.63, 3.8) is 0 Å². The lowest BCUT2D eigenvalue weighted by molar-refractivity contribution is 0.371. The molecule has 0 saturated carbocycles.